The van der Waals surface area contributed by atoms with Crippen molar-refractivity contribution in [2.45, 2.75) is 45.1 Å². The van der Waals surface area contributed by atoms with Crippen molar-refractivity contribution in [3.63, 3.8) is 0 Å². The number of hydrogen-bond donors (Lipinski definition) is 0. The predicted octanol–water partition coefficient (Wildman–Crippen LogP) is 2.90. The normalized spacial score (nSPS) is 44.9. The van der Waals surface area contributed by atoms with Gasteiger partial charge in [-0.05, 0) is 69.7 Å². The van der Waals surface area contributed by atoms with Crippen LogP contribution in [-0.2, 0) is 0 Å². The summed E-state index contributed by atoms with van der Waals surface area (Å²) in [5.41, 5.74) is 0. The van der Waals surface area contributed by atoms with Gasteiger partial charge in [-0.15, -0.1) is 0 Å². The third-order valence-electron chi connectivity index (χ3n) is 5.47. The van der Waals surface area contributed by atoms with Crippen LogP contribution in [0.1, 0.15) is 39.0 Å². The quantitative estimate of drug-likeness (QED) is 0.748. The highest BCUT2D eigenvalue weighted by Gasteiger charge is 2.49. The highest BCUT2D eigenvalue weighted by molar-refractivity contribution is 5.02. The molecule has 2 heteroatoms. The molecular weight excluding hydrogens is 208 g/mol. The molecule has 4 rings (SSSR count). The van der Waals surface area contributed by atoms with Gasteiger partial charge >= 0.3 is 0 Å². The molecule has 94 valence electrons. The summed E-state index contributed by atoms with van der Waals surface area (Å²) in [7, 11) is 2.25. The molecule has 4 bridgehead atoms. The van der Waals surface area contributed by atoms with E-state index in [0.29, 0.717) is 0 Å². The lowest BCUT2D eigenvalue weighted by Gasteiger charge is -2.56. The van der Waals surface area contributed by atoms with Crippen LogP contribution < -0.4 is 0 Å². The largest absolute Gasteiger partial charge is 0.302 e. The molecule has 1 unspecified atom stereocenters. The Balaban J connectivity index is 1.69. The Hall–Kier alpha value is -0.550. The fraction of sp³-hybridized carbons (Fsp3) is 0.933. The van der Waals surface area contributed by atoms with E-state index < -0.39 is 0 Å². The Kier molecular flexibility index (Phi) is 2.91. The van der Waals surface area contributed by atoms with Gasteiger partial charge in [0.1, 0.15) is 0 Å². The van der Waals surface area contributed by atoms with Crippen LogP contribution in [0.2, 0.25) is 0 Å². The zero-order valence-electron chi connectivity index (χ0n) is 11.1. The van der Waals surface area contributed by atoms with Gasteiger partial charge in [0.05, 0.1) is 12.0 Å². The van der Waals surface area contributed by atoms with Crippen molar-refractivity contribution in [3.05, 3.63) is 0 Å². The number of nitrogens with zero attached hydrogens (tertiary/aromatic N) is 2. The zero-order chi connectivity index (χ0) is 12.0. The first-order chi connectivity index (χ1) is 8.17. The second-order valence-electron chi connectivity index (χ2n) is 6.89. The van der Waals surface area contributed by atoms with Gasteiger partial charge < -0.3 is 4.90 Å². The molecule has 0 N–H and O–H groups in total. The third-order valence-corrected chi connectivity index (χ3v) is 5.47. The van der Waals surface area contributed by atoms with E-state index >= 15 is 0 Å². The fourth-order valence-electron chi connectivity index (χ4n) is 5.21. The van der Waals surface area contributed by atoms with Gasteiger partial charge in [0.15, 0.2) is 0 Å². The van der Waals surface area contributed by atoms with E-state index in [0.717, 1.165) is 36.3 Å². The molecule has 0 aromatic rings. The van der Waals surface area contributed by atoms with Crippen molar-refractivity contribution in [2.75, 3.05) is 13.6 Å². The van der Waals surface area contributed by atoms with E-state index in [4.69, 9.17) is 5.26 Å². The average molecular weight is 232 g/mol. The van der Waals surface area contributed by atoms with Crippen LogP contribution in [0.5, 0.6) is 0 Å². The minimum absolute atomic E-state index is 0.178. The smallest absolute Gasteiger partial charge is 0.0666 e. The maximum absolute atomic E-state index is 8.96. The van der Waals surface area contributed by atoms with Crippen molar-refractivity contribution < 1.29 is 0 Å². The minimum atomic E-state index is 0.178. The van der Waals surface area contributed by atoms with Crippen LogP contribution in [0.3, 0.4) is 0 Å². The Morgan fingerprint density at radius 2 is 1.65 bits per heavy atom. The van der Waals surface area contributed by atoms with Crippen LogP contribution in [0, 0.1) is 40.9 Å². The van der Waals surface area contributed by atoms with Gasteiger partial charge in [-0.25, -0.2) is 0 Å². The molecule has 0 heterocycles. The summed E-state index contributed by atoms with van der Waals surface area (Å²) in [6.07, 6.45) is 7.43. The summed E-state index contributed by atoms with van der Waals surface area (Å²) in [5, 5.41) is 8.96. The van der Waals surface area contributed by atoms with E-state index in [9.17, 15) is 0 Å². The van der Waals surface area contributed by atoms with E-state index in [1.807, 2.05) is 6.92 Å². The van der Waals surface area contributed by atoms with Crippen molar-refractivity contribution in [1.82, 2.24) is 4.90 Å². The lowest BCUT2D eigenvalue weighted by molar-refractivity contribution is -0.0589. The Labute approximate surface area is 105 Å². The SMILES string of the molecule is CC(C#N)CN(C)C1C2CC3CC(C2)CC1C3. The van der Waals surface area contributed by atoms with Crippen LogP contribution in [0.4, 0.5) is 0 Å². The van der Waals surface area contributed by atoms with Crippen molar-refractivity contribution in [2.24, 2.45) is 29.6 Å². The van der Waals surface area contributed by atoms with Crippen LogP contribution in [0.25, 0.3) is 0 Å². The average Bonchev–Trinajstić information content (AvgIpc) is 2.27. The molecule has 0 aromatic carbocycles. The Morgan fingerprint density at radius 1 is 1.12 bits per heavy atom. The second kappa shape index (κ2) is 4.28. The lowest BCUT2D eigenvalue weighted by Crippen LogP contribution is -2.55. The summed E-state index contributed by atoms with van der Waals surface area (Å²) < 4.78 is 0. The van der Waals surface area contributed by atoms with Gasteiger partial charge in [0, 0.05) is 12.6 Å². The third kappa shape index (κ3) is 1.99. The number of hydrogen-bond acceptors (Lipinski definition) is 2. The Bertz CT molecular complexity index is 302. The highest BCUT2D eigenvalue weighted by Crippen LogP contribution is 2.54. The molecule has 4 saturated carbocycles. The van der Waals surface area contributed by atoms with Gasteiger partial charge in [0.25, 0.3) is 0 Å². The van der Waals surface area contributed by atoms with Crippen LogP contribution >= 0.6 is 0 Å². The van der Waals surface area contributed by atoms with Gasteiger partial charge in [-0.2, -0.15) is 5.26 Å². The molecule has 0 radical (unpaired) electrons. The molecular formula is C15H24N2. The molecule has 0 amide bonds. The molecule has 4 fully saturated rings. The summed E-state index contributed by atoms with van der Waals surface area (Å²) in [5.74, 6) is 4.17. The first-order valence-corrected chi connectivity index (χ1v) is 7.27. The monoisotopic (exact) mass is 232 g/mol. The molecule has 1 atom stereocenters. The minimum Gasteiger partial charge on any atom is -0.302 e. The van der Waals surface area contributed by atoms with Crippen LogP contribution in [0.15, 0.2) is 0 Å². The predicted molar refractivity (Wildman–Crippen MR) is 68.2 cm³/mol. The van der Waals surface area contributed by atoms with Gasteiger partial charge in [-0.1, -0.05) is 0 Å². The van der Waals surface area contributed by atoms with Crippen molar-refractivity contribution >= 4 is 0 Å². The van der Waals surface area contributed by atoms with Gasteiger partial charge in [0.2, 0.25) is 0 Å². The molecule has 4 aliphatic rings. The second-order valence-corrected chi connectivity index (χ2v) is 6.89. The summed E-state index contributed by atoms with van der Waals surface area (Å²) >= 11 is 0. The summed E-state index contributed by atoms with van der Waals surface area (Å²) in [6.45, 7) is 3.01. The molecule has 0 aliphatic heterocycles. The molecule has 17 heavy (non-hydrogen) atoms. The van der Waals surface area contributed by atoms with E-state index in [1.165, 1.54) is 32.1 Å². The van der Waals surface area contributed by atoms with E-state index in [2.05, 4.69) is 18.0 Å². The number of rotatable bonds is 3. The zero-order valence-corrected chi connectivity index (χ0v) is 11.1. The number of nitriles is 1. The summed E-state index contributed by atoms with van der Waals surface area (Å²) in [4.78, 5) is 2.51. The van der Waals surface area contributed by atoms with E-state index in [-0.39, 0.29) is 5.92 Å². The van der Waals surface area contributed by atoms with E-state index in [1.54, 1.807) is 0 Å². The maximum atomic E-state index is 8.96. The highest BCUT2D eigenvalue weighted by atomic mass is 15.1. The lowest BCUT2D eigenvalue weighted by atomic mass is 9.54. The first kappa shape index (κ1) is 11.5. The van der Waals surface area contributed by atoms with Crippen LogP contribution in [-0.4, -0.2) is 24.5 Å². The Morgan fingerprint density at radius 3 is 2.12 bits per heavy atom. The first-order valence-electron chi connectivity index (χ1n) is 7.27. The molecule has 2 nitrogen and oxygen atoms in total. The fourth-order valence-corrected chi connectivity index (χ4v) is 5.21. The van der Waals surface area contributed by atoms with Crippen molar-refractivity contribution in [1.29, 1.82) is 5.26 Å². The standard InChI is InChI=1S/C15H24N2/c1-10(8-16)9-17(2)15-13-4-11-3-12(6-13)7-14(15)5-11/h10-15H,3-7,9H2,1-2H3. The van der Waals surface area contributed by atoms with Gasteiger partial charge in [-0.3, -0.25) is 0 Å². The molecule has 4 aliphatic carbocycles. The maximum Gasteiger partial charge on any atom is 0.0666 e. The molecule has 0 spiro atoms. The molecule has 0 saturated heterocycles. The summed E-state index contributed by atoms with van der Waals surface area (Å²) in [6, 6.07) is 3.17. The molecule has 0 aromatic heterocycles. The topological polar surface area (TPSA) is 27.0 Å². The van der Waals surface area contributed by atoms with Crippen molar-refractivity contribution in [3.8, 4) is 6.07 Å².